The van der Waals surface area contributed by atoms with Gasteiger partial charge in [0, 0.05) is 11.5 Å². The summed E-state index contributed by atoms with van der Waals surface area (Å²) in [5, 5.41) is 8.57. The number of hydrogen-bond acceptors (Lipinski definition) is 7. The van der Waals surface area contributed by atoms with E-state index in [4.69, 9.17) is 4.74 Å². The fourth-order valence-electron chi connectivity index (χ4n) is 4.84. The number of aromatic nitrogens is 1. The number of benzene rings is 2. The molecule has 40 heavy (non-hydrogen) atoms. The Morgan fingerprint density at radius 2 is 1.65 bits per heavy atom. The van der Waals surface area contributed by atoms with Gasteiger partial charge in [0.05, 0.1) is 37.0 Å². The molecule has 2 aromatic carbocycles. The average molecular weight is 545 g/mol. The number of fused-ring (bicyclic) bond motifs is 1. The van der Waals surface area contributed by atoms with Crippen LogP contribution in [0, 0.1) is 17.8 Å². The second kappa shape index (κ2) is 12.1. The molecule has 1 fully saturated rings. The Kier molecular flexibility index (Phi) is 8.57. The van der Waals surface area contributed by atoms with Crippen LogP contribution >= 0.6 is 0 Å². The monoisotopic (exact) mass is 544 g/mol. The first-order valence-corrected chi connectivity index (χ1v) is 13.1. The quantitative estimate of drug-likeness (QED) is 0.263. The molecule has 0 spiro atoms. The van der Waals surface area contributed by atoms with Crippen molar-refractivity contribution in [1.82, 2.24) is 20.9 Å². The van der Waals surface area contributed by atoms with E-state index < -0.39 is 53.3 Å². The zero-order chi connectivity index (χ0) is 29.0. The van der Waals surface area contributed by atoms with E-state index in [0.717, 1.165) is 5.39 Å². The van der Waals surface area contributed by atoms with Gasteiger partial charge in [-0.15, -0.1) is 0 Å². The summed E-state index contributed by atoms with van der Waals surface area (Å²) in [5.74, 6) is -4.53. The van der Waals surface area contributed by atoms with E-state index in [-0.39, 0.29) is 18.0 Å². The number of nitrogens with one attached hydrogen (secondary N) is 3. The van der Waals surface area contributed by atoms with Crippen molar-refractivity contribution in [2.75, 3.05) is 7.11 Å². The number of carbonyl (C=O) groups is 5. The molecule has 208 valence electrons. The zero-order valence-corrected chi connectivity index (χ0v) is 22.8. The molecule has 2 heterocycles. The minimum Gasteiger partial charge on any atom is -0.496 e. The normalized spacial score (nSPS) is 18.2. The third-order valence-electron chi connectivity index (χ3n) is 7.07. The second-order valence-electron chi connectivity index (χ2n) is 10.2. The third kappa shape index (κ3) is 6.01. The van der Waals surface area contributed by atoms with Gasteiger partial charge in [-0.1, -0.05) is 63.2 Å². The molecule has 0 aliphatic carbocycles. The summed E-state index contributed by atoms with van der Waals surface area (Å²) in [4.78, 5) is 68.5. The van der Waals surface area contributed by atoms with E-state index in [1.807, 2.05) is 24.3 Å². The molecule has 10 heteroatoms. The predicted molar refractivity (Wildman–Crippen MR) is 147 cm³/mol. The van der Waals surface area contributed by atoms with Crippen LogP contribution < -0.4 is 20.7 Å². The van der Waals surface area contributed by atoms with Gasteiger partial charge in [0.25, 0.3) is 5.91 Å². The molecule has 0 bridgehead atoms. The van der Waals surface area contributed by atoms with E-state index in [1.54, 1.807) is 50.2 Å². The van der Waals surface area contributed by atoms with Crippen molar-refractivity contribution in [3.05, 3.63) is 71.9 Å². The Labute approximate surface area is 231 Å². The van der Waals surface area contributed by atoms with E-state index in [9.17, 15) is 24.0 Å². The van der Waals surface area contributed by atoms with Crippen molar-refractivity contribution in [2.45, 2.75) is 39.3 Å². The number of carbonyl (C=O) groups excluding carboxylic acids is 5. The van der Waals surface area contributed by atoms with Crippen LogP contribution in [0.5, 0.6) is 5.75 Å². The lowest BCUT2D eigenvalue weighted by molar-refractivity contribution is -0.137. The summed E-state index contributed by atoms with van der Waals surface area (Å²) in [6, 6.07) is 16.1. The molecule has 0 radical (unpaired) electrons. The number of amides is 4. The average Bonchev–Trinajstić information content (AvgIpc) is 3.20. The number of hydrogen-bond donors (Lipinski definition) is 3. The van der Waals surface area contributed by atoms with Gasteiger partial charge in [0.15, 0.2) is 5.78 Å². The number of pyridine rings is 1. The summed E-state index contributed by atoms with van der Waals surface area (Å²) >= 11 is 0. The molecule has 1 aliphatic rings. The van der Waals surface area contributed by atoms with E-state index in [2.05, 4.69) is 20.9 Å². The van der Waals surface area contributed by atoms with Gasteiger partial charge in [-0.2, -0.15) is 0 Å². The number of rotatable bonds is 10. The Bertz CT molecular complexity index is 1460. The largest absolute Gasteiger partial charge is 0.496 e. The molecule has 4 amide bonds. The molecule has 1 aliphatic heterocycles. The number of nitrogens with zero attached hydrogens (tertiary/aromatic N) is 1. The van der Waals surface area contributed by atoms with Crippen LogP contribution in [-0.4, -0.2) is 47.5 Å². The van der Waals surface area contributed by atoms with Crippen LogP contribution in [0.3, 0.4) is 0 Å². The number of methoxy groups -OCH3 is 1. The van der Waals surface area contributed by atoms with Crippen LogP contribution in [-0.2, 0) is 19.2 Å². The fraction of sp³-hybridized carbons (Fsp3) is 0.333. The molecule has 4 atom stereocenters. The fourth-order valence-corrected chi connectivity index (χ4v) is 4.84. The van der Waals surface area contributed by atoms with Gasteiger partial charge >= 0.3 is 0 Å². The van der Waals surface area contributed by atoms with Crippen molar-refractivity contribution in [3.8, 4) is 5.75 Å². The van der Waals surface area contributed by atoms with Crippen molar-refractivity contribution in [3.63, 3.8) is 0 Å². The summed E-state index contributed by atoms with van der Waals surface area (Å²) in [6.45, 7) is 5.01. The maximum absolute atomic E-state index is 13.3. The number of ketones is 1. The zero-order valence-electron chi connectivity index (χ0n) is 22.8. The highest BCUT2D eigenvalue weighted by Crippen LogP contribution is 2.26. The molecule has 1 saturated heterocycles. The Hall–Kier alpha value is -4.60. The SMILES string of the molecule is COc1cc(C(=O)N[C@@H](CC(=O)N[C@@H](C(=O)[C@@H]2C(=O)NC(=O)[C@@H]2C)C(C)C)c2ccccc2)nc2ccccc12. The second-order valence-corrected chi connectivity index (χ2v) is 10.2. The van der Waals surface area contributed by atoms with Crippen LogP contribution in [0.15, 0.2) is 60.7 Å². The number of Topliss-reactive ketones (excluding diaryl/α,β-unsaturated/α-hetero) is 1. The lowest BCUT2D eigenvalue weighted by Gasteiger charge is -2.26. The Morgan fingerprint density at radius 3 is 2.27 bits per heavy atom. The summed E-state index contributed by atoms with van der Waals surface area (Å²) < 4.78 is 5.46. The standard InChI is InChI=1S/C30H32N4O6/c1-16(2)26(27(36)25-17(3)28(37)34-30(25)39)33-24(35)15-21(18-10-6-5-7-11-18)32-29(38)22-14-23(40-4)19-12-8-9-13-20(19)31-22/h5-14,16-17,21,25-26H,15H2,1-4H3,(H,32,38)(H,33,35)(H,34,37,39)/t17-,21+,25-,26-/m1/s1. The van der Waals surface area contributed by atoms with Crippen LogP contribution in [0.25, 0.3) is 10.9 Å². The van der Waals surface area contributed by atoms with Gasteiger partial charge in [-0.25, -0.2) is 4.98 Å². The van der Waals surface area contributed by atoms with Gasteiger partial charge in [-0.05, 0) is 23.6 Å². The Balaban J connectivity index is 1.55. The molecule has 4 rings (SSSR count). The maximum Gasteiger partial charge on any atom is 0.270 e. The minimum absolute atomic E-state index is 0.123. The summed E-state index contributed by atoms with van der Waals surface area (Å²) in [5.41, 5.74) is 1.39. The van der Waals surface area contributed by atoms with E-state index in [0.29, 0.717) is 16.8 Å². The molecular weight excluding hydrogens is 512 g/mol. The maximum atomic E-state index is 13.3. The first-order valence-electron chi connectivity index (χ1n) is 13.1. The Morgan fingerprint density at radius 1 is 0.975 bits per heavy atom. The topological polar surface area (TPSA) is 144 Å². The molecule has 3 N–H and O–H groups in total. The highest BCUT2D eigenvalue weighted by atomic mass is 16.5. The van der Waals surface area contributed by atoms with Gasteiger partial charge in [0.1, 0.15) is 17.4 Å². The van der Waals surface area contributed by atoms with Crippen molar-refractivity contribution < 1.29 is 28.7 Å². The van der Waals surface area contributed by atoms with Crippen molar-refractivity contribution >= 4 is 40.3 Å². The van der Waals surface area contributed by atoms with Crippen molar-refractivity contribution in [1.29, 1.82) is 0 Å². The summed E-state index contributed by atoms with van der Waals surface area (Å²) in [7, 11) is 1.51. The minimum atomic E-state index is -1.17. The first-order chi connectivity index (χ1) is 19.1. The number of ether oxygens (including phenoxy) is 1. The smallest absolute Gasteiger partial charge is 0.270 e. The lowest BCUT2D eigenvalue weighted by atomic mass is 9.85. The van der Waals surface area contributed by atoms with Crippen LogP contribution in [0.1, 0.15) is 49.3 Å². The molecule has 0 unspecified atom stereocenters. The van der Waals surface area contributed by atoms with Crippen LogP contribution in [0.2, 0.25) is 0 Å². The van der Waals surface area contributed by atoms with Gasteiger partial charge < -0.3 is 15.4 Å². The molecule has 10 nitrogen and oxygen atoms in total. The number of imide groups is 1. The molecule has 1 aromatic heterocycles. The summed E-state index contributed by atoms with van der Waals surface area (Å²) in [6.07, 6.45) is -0.178. The number of para-hydroxylation sites is 1. The third-order valence-corrected chi connectivity index (χ3v) is 7.07. The van der Waals surface area contributed by atoms with Gasteiger partial charge in [0.2, 0.25) is 17.7 Å². The van der Waals surface area contributed by atoms with Crippen molar-refractivity contribution in [2.24, 2.45) is 17.8 Å². The first kappa shape index (κ1) is 28.4. The van der Waals surface area contributed by atoms with E-state index in [1.165, 1.54) is 14.0 Å². The lowest BCUT2D eigenvalue weighted by Crippen LogP contribution is -2.49. The van der Waals surface area contributed by atoms with Crippen LogP contribution in [0.4, 0.5) is 0 Å². The highest BCUT2D eigenvalue weighted by Gasteiger charge is 2.46. The highest BCUT2D eigenvalue weighted by molar-refractivity contribution is 6.16. The molecule has 0 saturated carbocycles. The molecule has 3 aromatic rings. The van der Waals surface area contributed by atoms with Gasteiger partial charge in [-0.3, -0.25) is 29.3 Å². The molecular formula is C30H32N4O6. The predicted octanol–water partition coefficient (Wildman–Crippen LogP) is 2.72. The van der Waals surface area contributed by atoms with E-state index >= 15 is 0 Å².